The highest BCUT2D eigenvalue weighted by Crippen LogP contribution is 2.28. The van der Waals surface area contributed by atoms with E-state index in [1.165, 1.54) is 0 Å². The Morgan fingerprint density at radius 1 is 1.55 bits per heavy atom. The first kappa shape index (κ1) is 8.39. The first-order chi connectivity index (χ1) is 5.04. The fraction of sp³-hybridized carbons (Fsp3) is 0.400. The van der Waals surface area contributed by atoms with Crippen LogP contribution in [-0.4, -0.2) is 5.16 Å². The van der Waals surface area contributed by atoms with E-state index in [1.807, 2.05) is 0 Å². The van der Waals surface area contributed by atoms with Gasteiger partial charge < -0.3 is 4.52 Å². The fourth-order valence-electron chi connectivity index (χ4n) is 0.510. The zero-order valence-electron chi connectivity index (χ0n) is 5.15. The van der Waals surface area contributed by atoms with Gasteiger partial charge in [-0.05, 0) is 0 Å². The molecule has 0 saturated heterocycles. The molecule has 2 nitrogen and oxygen atoms in total. The second-order valence-electron chi connectivity index (χ2n) is 1.81. The van der Waals surface area contributed by atoms with Gasteiger partial charge in [0.15, 0.2) is 11.5 Å². The van der Waals surface area contributed by atoms with Crippen molar-refractivity contribution >= 4 is 11.6 Å². The summed E-state index contributed by atoms with van der Waals surface area (Å²) in [6.45, 7) is 0. The van der Waals surface area contributed by atoms with E-state index in [1.54, 1.807) is 0 Å². The molecule has 1 aromatic heterocycles. The largest absolute Gasteiger partial charge is 0.436 e. The van der Waals surface area contributed by atoms with Gasteiger partial charge in [0.25, 0.3) is 0 Å². The Balaban J connectivity index is 2.89. The van der Waals surface area contributed by atoms with E-state index in [2.05, 4.69) is 9.68 Å². The average Bonchev–Trinajstić information content (AvgIpc) is 2.32. The van der Waals surface area contributed by atoms with Crippen LogP contribution in [0.25, 0.3) is 0 Å². The maximum Gasteiger partial charge on any atom is 0.436 e. The minimum atomic E-state index is -4.45. The quantitative estimate of drug-likeness (QED) is 0.628. The number of halogens is 4. The molecule has 0 bridgehead atoms. The molecule has 11 heavy (non-hydrogen) atoms. The molecular formula is C5H3ClF3NO. The van der Waals surface area contributed by atoms with E-state index in [0.29, 0.717) is 0 Å². The molecule has 0 aromatic carbocycles. The summed E-state index contributed by atoms with van der Waals surface area (Å²) in [7, 11) is 0. The summed E-state index contributed by atoms with van der Waals surface area (Å²) in [6, 6.07) is 0.771. The Morgan fingerprint density at radius 2 is 2.18 bits per heavy atom. The van der Waals surface area contributed by atoms with Crippen LogP contribution in [-0.2, 0) is 12.1 Å². The summed E-state index contributed by atoms with van der Waals surface area (Å²) >= 11 is 5.19. The zero-order chi connectivity index (χ0) is 8.48. The normalized spacial score (nSPS) is 12.0. The average molecular weight is 186 g/mol. The topological polar surface area (TPSA) is 26.0 Å². The predicted octanol–water partition coefficient (Wildman–Crippen LogP) is 2.43. The van der Waals surface area contributed by atoms with Crippen molar-refractivity contribution in [3.05, 3.63) is 17.5 Å². The van der Waals surface area contributed by atoms with E-state index < -0.39 is 11.9 Å². The Labute approximate surface area is 64.9 Å². The molecule has 0 spiro atoms. The Bertz CT molecular complexity index is 244. The molecule has 62 valence electrons. The van der Waals surface area contributed by atoms with Gasteiger partial charge in [-0.2, -0.15) is 13.2 Å². The van der Waals surface area contributed by atoms with E-state index in [4.69, 9.17) is 11.6 Å². The number of aromatic nitrogens is 1. The highest BCUT2D eigenvalue weighted by atomic mass is 35.5. The Hall–Kier alpha value is -0.710. The van der Waals surface area contributed by atoms with Gasteiger partial charge in [-0.1, -0.05) is 5.16 Å². The second-order valence-corrected chi connectivity index (χ2v) is 2.08. The van der Waals surface area contributed by atoms with Crippen molar-refractivity contribution in [2.24, 2.45) is 0 Å². The van der Waals surface area contributed by atoms with Crippen LogP contribution in [0.4, 0.5) is 13.2 Å². The Morgan fingerprint density at radius 3 is 2.45 bits per heavy atom. The Kier molecular flexibility index (Phi) is 2.08. The van der Waals surface area contributed by atoms with E-state index in [0.717, 1.165) is 6.07 Å². The van der Waals surface area contributed by atoms with Crippen molar-refractivity contribution in [3.63, 3.8) is 0 Å². The van der Waals surface area contributed by atoms with Gasteiger partial charge in [-0.15, -0.1) is 11.6 Å². The number of hydrogen-bond acceptors (Lipinski definition) is 2. The van der Waals surface area contributed by atoms with Gasteiger partial charge in [0, 0.05) is 6.07 Å². The van der Waals surface area contributed by atoms with Crippen LogP contribution in [0.15, 0.2) is 10.6 Å². The van der Waals surface area contributed by atoms with Crippen molar-refractivity contribution in [1.82, 2.24) is 5.16 Å². The van der Waals surface area contributed by atoms with Gasteiger partial charge in [0.05, 0.1) is 5.88 Å². The molecule has 0 aliphatic carbocycles. The maximum atomic E-state index is 11.8. The molecule has 1 heterocycles. The molecule has 0 fully saturated rings. The summed E-state index contributed by atoms with van der Waals surface area (Å²) in [5.41, 5.74) is -1.05. The molecular weight excluding hydrogens is 183 g/mol. The molecule has 0 amide bonds. The van der Waals surface area contributed by atoms with Gasteiger partial charge >= 0.3 is 6.18 Å². The van der Waals surface area contributed by atoms with Gasteiger partial charge in [0.2, 0.25) is 0 Å². The lowest BCUT2D eigenvalue weighted by molar-refractivity contribution is -0.142. The number of alkyl halides is 4. The number of nitrogens with zero attached hydrogens (tertiary/aromatic N) is 1. The fourth-order valence-corrected chi connectivity index (χ4v) is 0.636. The summed E-state index contributed by atoms with van der Waals surface area (Å²) in [5.74, 6) is -0.0951. The van der Waals surface area contributed by atoms with Crippen LogP contribution in [0.3, 0.4) is 0 Å². The highest BCUT2D eigenvalue weighted by molar-refractivity contribution is 6.16. The standard InChI is InChI=1S/C5H3ClF3NO/c6-2-3-1-4(10-11-3)5(7,8)9/h1H,2H2. The molecule has 0 N–H and O–H groups in total. The van der Waals surface area contributed by atoms with Crippen molar-refractivity contribution in [2.75, 3.05) is 0 Å². The van der Waals surface area contributed by atoms with Crippen LogP contribution in [0, 0.1) is 0 Å². The molecule has 0 unspecified atom stereocenters. The molecule has 1 rings (SSSR count). The molecule has 0 aliphatic rings. The predicted molar refractivity (Wildman–Crippen MR) is 31.1 cm³/mol. The third-order valence-corrected chi connectivity index (χ3v) is 1.24. The third-order valence-electron chi connectivity index (χ3n) is 0.981. The summed E-state index contributed by atoms with van der Waals surface area (Å²) in [6.07, 6.45) is -4.45. The monoisotopic (exact) mass is 185 g/mol. The van der Waals surface area contributed by atoms with Crippen LogP contribution < -0.4 is 0 Å². The van der Waals surface area contributed by atoms with Crippen LogP contribution in [0.1, 0.15) is 11.5 Å². The van der Waals surface area contributed by atoms with E-state index in [-0.39, 0.29) is 11.6 Å². The number of rotatable bonds is 1. The molecule has 0 aliphatic heterocycles. The first-order valence-electron chi connectivity index (χ1n) is 2.63. The molecule has 6 heteroatoms. The smallest absolute Gasteiger partial charge is 0.360 e. The maximum absolute atomic E-state index is 11.8. The SMILES string of the molecule is FC(F)(F)c1cc(CCl)on1. The van der Waals surface area contributed by atoms with Gasteiger partial charge in [0.1, 0.15) is 0 Å². The van der Waals surface area contributed by atoms with Gasteiger partial charge in [-0.3, -0.25) is 0 Å². The van der Waals surface area contributed by atoms with Crippen molar-refractivity contribution in [1.29, 1.82) is 0 Å². The van der Waals surface area contributed by atoms with Gasteiger partial charge in [-0.25, -0.2) is 0 Å². The molecule has 0 radical (unpaired) electrons. The molecule has 0 atom stereocenters. The lowest BCUT2D eigenvalue weighted by atomic mass is 10.4. The summed E-state index contributed by atoms with van der Waals surface area (Å²) in [4.78, 5) is 0. The second kappa shape index (κ2) is 2.73. The zero-order valence-corrected chi connectivity index (χ0v) is 5.91. The molecule has 0 saturated carbocycles. The highest BCUT2D eigenvalue weighted by Gasteiger charge is 2.34. The lowest BCUT2D eigenvalue weighted by Gasteiger charge is -1.97. The minimum Gasteiger partial charge on any atom is -0.360 e. The number of hydrogen-bond donors (Lipinski definition) is 0. The van der Waals surface area contributed by atoms with E-state index >= 15 is 0 Å². The van der Waals surface area contributed by atoms with Crippen LogP contribution >= 0.6 is 11.6 Å². The van der Waals surface area contributed by atoms with Crippen molar-refractivity contribution in [3.8, 4) is 0 Å². The van der Waals surface area contributed by atoms with E-state index in [9.17, 15) is 13.2 Å². The summed E-state index contributed by atoms with van der Waals surface area (Å²) in [5, 5.41) is 2.77. The van der Waals surface area contributed by atoms with Crippen LogP contribution in [0.2, 0.25) is 0 Å². The molecule has 1 aromatic rings. The third kappa shape index (κ3) is 1.86. The van der Waals surface area contributed by atoms with Crippen molar-refractivity contribution in [2.45, 2.75) is 12.1 Å². The summed E-state index contributed by atoms with van der Waals surface area (Å²) < 4.78 is 39.6. The van der Waals surface area contributed by atoms with Crippen molar-refractivity contribution < 1.29 is 17.7 Å². The lowest BCUT2D eigenvalue weighted by Crippen LogP contribution is -2.04. The van der Waals surface area contributed by atoms with Crippen LogP contribution in [0.5, 0.6) is 0 Å². The minimum absolute atomic E-state index is 0.0130. The first-order valence-corrected chi connectivity index (χ1v) is 3.16.